The van der Waals surface area contributed by atoms with Crippen LogP contribution in [0.1, 0.15) is 35.3 Å². The number of nitrogens with one attached hydrogen (secondary N) is 1. The van der Waals surface area contributed by atoms with Crippen LogP contribution in [0, 0.1) is 13.8 Å². The van der Waals surface area contributed by atoms with Crippen molar-refractivity contribution in [1.82, 2.24) is 5.32 Å². The molecule has 0 aliphatic heterocycles. The molecule has 1 amide bonds. The van der Waals surface area contributed by atoms with Gasteiger partial charge in [-0.3, -0.25) is 4.79 Å². The van der Waals surface area contributed by atoms with Gasteiger partial charge < -0.3 is 5.32 Å². The topological polar surface area (TPSA) is 29.1 Å². The summed E-state index contributed by atoms with van der Waals surface area (Å²) >= 11 is 0. The van der Waals surface area contributed by atoms with Crippen LogP contribution in [0.15, 0.2) is 18.2 Å². The van der Waals surface area contributed by atoms with Crippen LogP contribution in [-0.2, 0) is 0 Å². The molecule has 0 aromatic heterocycles. The number of hydrogen-bond acceptors (Lipinski definition) is 1. The van der Waals surface area contributed by atoms with Crippen molar-refractivity contribution >= 4 is 5.91 Å². The molecular formula is C12H17NO. The highest BCUT2D eigenvalue weighted by Crippen LogP contribution is 2.10. The third kappa shape index (κ3) is 2.59. The Bertz CT molecular complexity index is 342. The van der Waals surface area contributed by atoms with Gasteiger partial charge in [0.15, 0.2) is 0 Å². The third-order valence-electron chi connectivity index (χ3n) is 2.05. The van der Waals surface area contributed by atoms with Crippen LogP contribution in [0.25, 0.3) is 0 Å². The van der Waals surface area contributed by atoms with Gasteiger partial charge in [0, 0.05) is 11.6 Å². The van der Waals surface area contributed by atoms with Gasteiger partial charge in [0.2, 0.25) is 0 Å². The Labute approximate surface area is 85.3 Å². The summed E-state index contributed by atoms with van der Waals surface area (Å²) in [6.07, 6.45) is 0. The van der Waals surface area contributed by atoms with Crippen molar-refractivity contribution in [3.63, 3.8) is 0 Å². The Morgan fingerprint density at radius 2 is 1.93 bits per heavy atom. The fraction of sp³-hybridized carbons (Fsp3) is 0.417. The summed E-state index contributed by atoms with van der Waals surface area (Å²) in [5, 5.41) is 2.88. The number of carbonyl (C=O) groups is 1. The van der Waals surface area contributed by atoms with Crippen molar-refractivity contribution in [3.05, 3.63) is 34.9 Å². The SMILES string of the molecule is Cc1ccc(C(=O)NC(C)C)c(C)c1. The predicted molar refractivity (Wildman–Crippen MR) is 58.5 cm³/mol. The smallest absolute Gasteiger partial charge is 0.251 e. The molecule has 14 heavy (non-hydrogen) atoms. The number of hydrogen-bond donors (Lipinski definition) is 1. The average molecular weight is 191 g/mol. The molecule has 0 unspecified atom stereocenters. The molecular weight excluding hydrogens is 174 g/mol. The molecule has 0 aliphatic rings. The van der Waals surface area contributed by atoms with E-state index in [2.05, 4.69) is 5.32 Å². The van der Waals surface area contributed by atoms with Crippen molar-refractivity contribution in [2.24, 2.45) is 0 Å². The van der Waals surface area contributed by atoms with Gasteiger partial charge in [0.1, 0.15) is 0 Å². The summed E-state index contributed by atoms with van der Waals surface area (Å²) in [5.74, 6) is 0.0116. The molecule has 0 heterocycles. The minimum atomic E-state index is 0.0116. The molecule has 0 saturated heterocycles. The summed E-state index contributed by atoms with van der Waals surface area (Å²) in [7, 11) is 0. The van der Waals surface area contributed by atoms with E-state index in [9.17, 15) is 4.79 Å². The second-order valence-corrected chi connectivity index (χ2v) is 3.95. The van der Waals surface area contributed by atoms with Crippen LogP contribution in [0.2, 0.25) is 0 Å². The van der Waals surface area contributed by atoms with Crippen LogP contribution in [0.5, 0.6) is 0 Å². The minimum Gasteiger partial charge on any atom is -0.350 e. The zero-order valence-electron chi connectivity index (χ0n) is 9.22. The van der Waals surface area contributed by atoms with Gasteiger partial charge in [0.25, 0.3) is 5.91 Å². The lowest BCUT2D eigenvalue weighted by molar-refractivity contribution is 0.0942. The summed E-state index contributed by atoms with van der Waals surface area (Å²) in [6.45, 7) is 7.90. The number of carbonyl (C=O) groups excluding carboxylic acids is 1. The zero-order chi connectivity index (χ0) is 10.7. The van der Waals surface area contributed by atoms with Crippen LogP contribution in [0.3, 0.4) is 0 Å². The van der Waals surface area contributed by atoms with Crippen LogP contribution in [0.4, 0.5) is 0 Å². The Hall–Kier alpha value is -1.31. The molecule has 0 spiro atoms. The van der Waals surface area contributed by atoms with Gasteiger partial charge >= 0.3 is 0 Å². The van der Waals surface area contributed by atoms with Crippen LogP contribution in [-0.4, -0.2) is 11.9 Å². The van der Waals surface area contributed by atoms with E-state index in [1.807, 2.05) is 45.9 Å². The van der Waals surface area contributed by atoms with E-state index >= 15 is 0 Å². The molecule has 1 aromatic rings. The van der Waals surface area contributed by atoms with Gasteiger partial charge in [0.05, 0.1) is 0 Å². The van der Waals surface area contributed by atoms with Gasteiger partial charge in [-0.15, -0.1) is 0 Å². The Morgan fingerprint density at radius 3 is 2.43 bits per heavy atom. The molecule has 1 N–H and O–H groups in total. The van der Waals surface area contributed by atoms with Gasteiger partial charge in [-0.1, -0.05) is 17.7 Å². The molecule has 0 atom stereocenters. The Morgan fingerprint density at radius 1 is 1.29 bits per heavy atom. The molecule has 1 aromatic carbocycles. The van der Waals surface area contributed by atoms with E-state index in [-0.39, 0.29) is 11.9 Å². The van der Waals surface area contributed by atoms with E-state index in [0.717, 1.165) is 11.1 Å². The fourth-order valence-electron chi connectivity index (χ4n) is 1.41. The molecule has 0 aliphatic carbocycles. The first kappa shape index (κ1) is 10.8. The molecule has 0 saturated carbocycles. The van der Waals surface area contributed by atoms with Crippen molar-refractivity contribution < 1.29 is 4.79 Å². The van der Waals surface area contributed by atoms with E-state index in [4.69, 9.17) is 0 Å². The fourth-order valence-corrected chi connectivity index (χ4v) is 1.41. The van der Waals surface area contributed by atoms with E-state index in [0.29, 0.717) is 0 Å². The van der Waals surface area contributed by atoms with Gasteiger partial charge in [-0.2, -0.15) is 0 Å². The van der Waals surface area contributed by atoms with Crippen molar-refractivity contribution in [2.45, 2.75) is 33.7 Å². The quantitative estimate of drug-likeness (QED) is 0.764. The van der Waals surface area contributed by atoms with Crippen molar-refractivity contribution in [1.29, 1.82) is 0 Å². The van der Waals surface area contributed by atoms with Crippen LogP contribution >= 0.6 is 0 Å². The minimum absolute atomic E-state index is 0.0116. The Balaban J connectivity index is 2.90. The molecule has 0 radical (unpaired) electrons. The van der Waals surface area contributed by atoms with Crippen molar-refractivity contribution in [2.75, 3.05) is 0 Å². The molecule has 0 bridgehead atoms. The normalized spacial score (nSPS) is 10.4. The average Bonchev–Trinajstić information content (AvgIpc) is 2.01. The van der Waals surface area contributed by atoms with E-state index < -0.39 is 0 Å². The Kier molecular flexibility index (Phi) is 3.28. The number of rotatable bonds is 2. The number of benzene rings is 1. The molecule has 0 fully saturated rings. The maximum atomic E-state index is 11.7. The molecule has 1 rings (SSSR count). The molecule has 76 valence electrons. The second-order valence-electron chi connectivity index (χ2n) is 3.95. The van der Waals surface area contributed by atoms with E-state index in [1.54, 1.807) is 0 Å². The number of amides is 1. The van der Waals surface area contributed by atoms with Crippen LogP contribution < -0.4 is 5.32 Å². The van der Waals surface area contributed by atoms with Gasteiger partial charge in [-0.05, 0) is 39.3 Å². The maximum Gasteiger partial charge on any atom is 0.251 e. The highest BCUT2D eigenvalue weighted by Gasteiger charge is 2.08. The van der Waals surface area contributed by atoms with E-state index in [1.165, 1.54) is 5.56 Å². The first-order valence-corrected chi connectivity index (χ1v) is 4.89. The van der Waals surface area contributed by atoms with Crippen molar-refractivity contribution in [3.8, 4) is 0 Å². The molecule has 2 nitrogen and oxygen atoms in total. The highest BCUT2D eigenvalue weighted by molar-refractivity contribution is 5.95. The first-order chi connectivity index (χ1) is 6.50. The standard InChI is InChI=1S/C12H17NO/c1-8(2)13-12(14)11-6-5-9(3)7-10(11)4/h5-8H,1-4H3,(H,13,14). The van der Waals surface area contributed by atoms with Gasteiger partial charge in [-0.25, -0.2) is 0 Å². The summed E-state index contributed by atoms with van der Waals surface area (Å²) < 4.78 is 0. The number of aryl methyl sites for hydroxylation is 2. The first-order valence-electron chi connectivity index (χ1n) is 4.89. The second kappa shape index (κ2) is 4.27. The molecule has 2 heteroatoms. The monoisotopic (exact) mass is 191 g/mol. The lowest BCUT2D eigenvalue weighted by Crippen LogP contribution is -2.30. The zero-order valence-corrected chi connectivity index (χ0v) is 9.22. The summed E-state index contributed by atoms with van der Waals surface area (Å²) in [4.78, 5) is 11.7. The predicted octanol–water partition coefficient (Wildman–Crippen LogP) is 2.44. The summed E-state index contributed by atoms with van der Waals surface area (Å²) in [5.41, 5.74) is 2.98. The maximum absolute atomic E-state index is 11.7. The largest absolute Gasteiger partial charge is 0.350 e. The lowest BCUT2D eigenvalue weighted by Gasteiger charge is -2.10. The third-order valence-corrected chi connectivity index (χ3v) is 2.05. The summed E-state index contributed by atoms with van der Waals surface area (Å²) in [6, 6.07) is 6.04. The highest BCUT2D eigenvalue weighted by atomic mass is 16.1. The lowest BCUT2D eigenvalue weighted by atomic mass is 10.1.